The van der Waals surface area contributed by atoms with E-state index in [2.05, 4.69) is 19.9 Å². The molecule has 0 spiro atoms. The van der Waals surface area contributed by atoms with Crippen molar-refractivity contribution in [2.24, 2.45) is 5.92 Å². The summed E-state index contributed by atoms with van der Waals surface area (Å²) in [5, 5.41) is 0. The van der Waals surface area contributed by atoms with Gasteiger partial charge in [-0.15, -0.1) is 0 Å². The lowest BCUT2D eigenvalue weighted by Crippen LogP contribution is -1.87. The van der Waals surface area contributed by atoms with Crippen LogP contribution in [-0.4, -0.2) is 5.94 Å². The molecule has 1 heteroatoms. The van der Waals surface area contributed by atoms with Gasteiger partial charge in [-0.2, -0.15) is 0 Å². The van der Waals surface area contributed by atoms with Crippen LogP contribution in [0.15, 0.2) is 17.7 Å². The van der Waals surface area contributed by atoms with Crippen molar-refractivity contribution in [1.29, 1.82) is 0 Å². The third-order valence-electron chi connectivity index (χ3n) is 1.53. The van der Waals surface area contributed by atoms with Crippen molar-refractivity contribution in [3.05, 3.63) is 17.7 Å². The second-order valence-electron chi connectivity index (χ2n) is 3.12. The SMILES string of the molecule is CC(C)=CCCC(C)C=C=O. The third kappa shape index (κ3) is 7.08. The molecule has 0 aromatic rings. The van der Waals surface area contributed by atoms with E-state index in [0.717, 1.165) is 12.8 Å². The van der Waals surface area contributed by atoms with Crippen molar-refractivity contribution in [3.8, 4) is 0 Å². The first-order valence-corrected chi connectivity index (χ1v) is 4.01. The molecular formula is C10H16O. The van der Waals surface area contributed by atoms with Gasteiger partial charge in [-0.05, 0) is 32.6 Å². The molecule has 11 heavy (non-hydrogen) atoms. The van der Waals surface area contributed by atoms with E-state index in [-0.39, 0.29) is 0 Å². The van der Waals surface area contributed by atoms with Crippen LogP contribution >= 0.6 is 0 Å². The fourth-order valence-electron chi connectivity index (χ4n) is 0.834. The van der Waals surface area contributed by atoms with Crippen LogP contribution in [0.5, 0.6) is 0 Å². The van der Waals surface area contributed by atoms with Gasteiger partial charge in [0, 0.05) is 6.08 Å². The van der Waals surface area contributed by atoms with E-state index in [1.807, 2.05) is 12.9 Å². The van der Waals surface area contributed by atoms with E-state index in [0.29, 0.717) is 5.92 Å². The summed E-state index contributed by atoms with van der Waals surface area (Å²) < 4.78 is 0. The average molecular weight is 152 g/mol. The Kier molecular flexibility index (Phi) is 5.50. The zero-order valence-corrected chi connectivity index (χ0v) is 7.55. The van der Waals surface area contributed by atoms with Crippen LogP contribution in [0.25, 0.3) is 0 Å². The number of allylic oxidation sites excluding steroid dienone is 3. The maximum absolute atomic E-state index is 9.92. The smallest absolute Gasteiger partial charge is 0.120 e. The van der Waals surface area contributed by atoms with E-state index < -0.39 is 0 Å². The van der Waals surface area contributed by atoms with Gasteiger partial charge in [-0.25, -0.2) is 4.79 Å². The van der Waals surface area contributed by atoms with E-state index in [4.69, 9.17) is 0 Å². The van der Waals surface area contributed by atoms with Crippen LogP contribution in [0, 0.1) is 5.92 Å². The molecule has 0 aliphatic rings. The summed E-state index contributed by atoms with van der Waals surface area (Å²) in [6.45, 7) is 6.20. The Morgan fingerprint density at radius 1 is 1.55 bits per heavy atom. The second kappa shape index (κ2) is 5.94. The highest BCUT2D eigenvalue weighted by molar-refractivity contribution is 5.45. The van der Waals surface area contributed by atoms with Gasteiger partial charge < -0.3 is 0 Å². The lowest BCUT2D eigenvalue weighted by Gasteiger charge is -1.99. The zero-order valence-electron chi connectivity index (χ0n) is 7.55. The molecule has 0 rings (SSSR count). The molecule has 62 valence electrons. The summed E-state index contributed by atoms with van der Waals surface area (Å²) in [6, 6.07) is 0. The number of rotatable bonds is 4. The normalized spacial score (nSPS) is 11.5. The van der Waals surface area contributed by atoms with Gasteiger partial charge in [0.05, 0.1) is 0 Å². The molecule has 0 aromatic carbocycles. The third-order valence-corrected chi connectivity index (χ3v) is 1.53. The molecule has 0 N–H and O–H groups in total. The molecular weight excluding hydrogens is 136 g/mol. The molecule has 0 fully saturated rings. The van der Waals surface area contributed by atoms with Gasteiger partial charge in [0.2, 0.25) is 0 Å². The van der Waals surface area contributed by atoms with E-state index in [1.54, 1.807) is 6.08 Å². The molecule has 0 aromatic heterocycles. The Balaban J connectivity index is 3.54. The summed E-state index contributed by atoms with van der Waals surface area (Å²) >= 11 is 0. The molecule has 1 atom stereocenters. The summed E-state index contributed by atoms with van der Waals surface area (Å²) in [5.74, 6) is 2.17. The molecule has 0 saturated carbocycles. The van der Waals surface area contributed by atoms with Crippen molar-refractivity contribution >= 4 is 5.94 Å². The van der Waals surface area contributed by atoms with Gasteiger partial charge in [0.1, 0.15) is 5.94 Å². The first-order chi connectivity index (χ1) is 5.16. The van der Waals surface area contributed by atoms with Gasteiger partial charge in [0.25, 0.3) is 0 Å². The molecule has 1 nitrogen and oxygen atoms in total. The van der Waals surface area contributed by atoms with Gasteiger partial charge >= 0.3 is 0 Å². The van der Waals surface area contributed by atoms with Crippen LogP contribution in [-0.2, 0) is 4.79 Å². The van der Waals surface area contributed by atoms with Crippen LogP contribution < -0.4 is 0 Å². The van der Waals surface area contributed by atoms with Crippen LogP contribution in [0.2, 0.25) is 0 Å². The Morgan fingerprint density at radius 3 is 2.64 bits per heavy atom. The van der Waals surface area contributed by atoms with Crippen LogP contribution in [0.3, 0.4) is 0 Å². The molecule has 0 radical (unpaired) electrons. The summed E-state index contributed by atoms with van der Waals surface area (Å²) in [7, 11) is 0. The topological polar surface area (TPSA) is 17.1 Å². The number of hydrogen-bond acceptors (Lipinski definition) is 1. The maximum Gasteiger partial charge on any atom is 0.120 e. The lowest BCUT2D eigenvalue weighted by atomic mass is 10.1. The van der Waals surface area contributed by atoms with Crippen molar-refractivity contribution in [1.82, 2.24) is 0 Å². The van der Waals surface area contributed by atoms with Gasteiger partial charge in [0.15, 0.2) is 0 Å². The molecule has 0 saturated heterocycles. The van der Waals surface area contributed by atoms with Crippen molar-refractivity contribution in [2.75, 3.05) is 0 Å². The molecule has 0 amide bonds. The highest BCUT2D eigenvalue weighted by Crippen LogP contribution is 2.07. The Labute approximate surface area is 68.8 Å². The minimum absolute atomic E-state index is 0.364. The zero-order chi connectivity index (χ0) is 8.69. The molecule has 0 aliphatic carbocycles. The lowest BCUT2D eigenvalue weighted by molar-refractivity contribution is 0.563. The number of hydrogen-bond donors (Lipinski definition) is 0. The molecule has 0 aliphatic heterocycles. The molecule has 1 unspecified atom stereocenters. The standard InChI is InChI=1S/C10H16O/c1-9(2)5-4-6-10(3)7-8-11/h5,7,10H,4,6H2,1-3H3. The Morgan fingerprint density at radius 2 is 2.18 bits per heavy atom. The molecule has 0 heterocycles. The highest BCUT2D eigenvalue weighted by Gasteiger charge is 1.94. The Bertz CT molecular complexity index is 169. The van der Waals surface area contributed by atoms with Gasteiger partial charge in [-0.3, -0.25) is 0 Å². The minimum atomic E-state index is 0.364. The quantitative estimate of drug-likeness (QED) is 0.447. The van der Waals surface area contributed by atoms with Crippen LogP contribution in [0.1, 0.15) is 33.6 Å². The highest BCUT2D eigenvalue weighted by atomic mass is 16.1. The predicted octanol–water partition coefficient (Wildman–Crippen LogP) is 2.76. The van der Waals surface area contributed by atoms with E-state index in [9.17, 15) is 4.79 Å². The van der Waals surface area contributed by atoms with Crippen molar-refractivity contribution in [3.63, 3.8) is 0 Å². The summed E-state index contributed by atoms with van der Waals surface area (Å²) in [4.78, 5) is 9.92. The summed E-state index contributed by atoms with van der Waals surface area (Å²) in [6.07, 6.45) is 5.87. The fourth-order valence-corrected chi connectivity index (χ4v) is 0.834. The average Bonchev–Trinajstić information content (AvgIpc) is 1.87. The fraction of sp³-hybridized carbons (Fsp3) is 0.600. The first kappa shape index (κ1) is 10.2. The Hall–Kier alpha value is -0.810. The molecule has 0 bridgehead atoms. The first-order valence-electron chi connectivity index (χ1n) is 4.01. The predicted molar refractivity (Wildman–Crippen MR) is 48.1 cm³/mol. The minimum Gasteiger partial charge on any atom is -0.234 e. The largest absolute Gasteiger partial charge is 0.234 e. The summed E-state index contributed by atoms with van der Waals surface area (Å²) in [5.41, 5.74) is 1.34. The van der Waals surface area contributed by atoms with Crippen molar-refractivity contribution in [2.45, 2.75) is 33.6 Å². The van der Waals surface area contributed by atoms with E-state index in [1.165, 1.54) is 5.57 Å². The van der Waals surface area contributed by atoms with Crippen LogP contribution in [0.4, 0.5) is 0 Å². The monoisotopic (exact) mass is 152 g/mol. The second-order valence-corrected chi connectivity index (χ2v) is 3.12. The van der Waals surface area contributed by atoms with Crippen molar-refractivity contribution < 1.29 is 4.79 Å². The van der Waals surface area contributed by atoms with Gasteiger partial charge in [-0.1, -0.05) is 18.6 Å². The maximum atomic E-state index is 9.92. The van der Waals surface area contributed by atoms with E-state index >= 15 is 0 Å². The number of carbonyl (C=O) groups excluding carboxylic acids is 1.